The average Bonchev–Trinajstić information content (AvgIpc) is 3.25. The van der Waals surface area contributed by atoms with Crippen LogP contribution in [0.4, 0.5) is 0 Å². The highest BCUT2D eigenvalue weighted by Gasteiger charge is 2.30. The van der Waals surface area contributed by atoms with Crippen molar-refractivity contribution in [2.45, 2.75) is 25.6 Å². The van der Waals surface area contributed by atoms with Crippen LogP contribution in [0.5, 0.6) is 0 Å². The van der Waals surface area contributed by atoms with Crippen molar-refractivity contribution in [1.29, 1.82) is 0 Å². The summed E-state index contributed by atoms with van der Waals surface area (Å²) in [4.78, 5) is 19.5. The van der Waals surface area contributed by atoms with Crippen LogP contribution >= 0.6 is 11.3 Å². The number of hydrogen-bond donors (Lipinski definition) is 1. The highest BCUT2D eigenvalue weighted by atomic mass is 32.1. The Morgan fingerprint density at radius 3 is 2.88 bits per heavy atom. The van der Waals surface area contributed by atoms with Crippen molar-refractivity contribution in [1.82, 2.24) is 9.88 Å². The van der Waals surface area contributed by atoms with Crippen LogP contribution < -0.4 is 5.73 Å². The number of nitrogens with zero attached hydrogens (tertiary/aromatic N) is 2. The van der Waals surface area contributed by atoms with E-state index in [1.165, 1.54) is 11.1 Å². The number of aromatic nitrogens is 1. The first-order chi connectivity index (χ1) is 11.7. The summed E-state index contributed by atoms with van der Waals surface area (Å²) in [5.41, 5.74) is 8.86. The number of fused-ring (bicyclic) bond motifs is 1. The molecule has 1 aliphatic heterocycles. The maximum absolute atomic E-state index is 11.9. The van der Waals surface area contributed by atoms with Crippen molar-refractivity contribution in [2.24, 2.45) is 5.73 Å². The van der Waals surface area contributed by atoms with Gasteiger partial charge in [0.2, 0.25) is 11.8 Å². The van der Waals surface area contributed by atoms with Crippen LogP contribution in [0, 0.1) is 0 Å². The van der Waals surface area contributed by atoms with Gasteiger partial charge in [-0.1, -0.05) is 30.3 Å². The third-order valence-corrected chi connectivity index (χ3v) is 5.18. The van der Waals surface area contributed by atoms with E-state index in [4.69, 9.17) is 10.2 Å². The molecule has 5 nitrogen and oxygen atoms in total. The molecule has 1 amide bonds. The van der Waals surface area contributed by atoms with Crippen molar-refractivity contribution < 1.29 is 9.21 Å². The molecule has 2 N–H and O–H groups in total. The molecule has 2 aromatic heterocycles. The number of amides is 1. The van der Waals surface area contributed by atoms with Gasteiger partial charge >= 0.3 is 0 Å². The minimum Gasteiger partial charge on any atom is -0.444 e. The number of thiophene rings is 1. The minimum absolute atomic E-state index is 0.300. The van der Waals surface area contributed by atoms with Crippen LogP contribution in [-0.2, 0) is 24.3 Å². The lowest BCUT2D eigenvalue weighted by Gasteiger charge is -2.34. The van der Waals surface area contributed by atoms with Gasteiger partial charge in [0.1, 0.15) is 6.26 Å². The summed E-state index contributed by atoms with van der Waals surface area (Å²) >= 11 is 1.59. The third kappa shape index (κ3) is 2.86. The normalized spacial score (nSPS) is 17.6. The lowest BCUT2D eigenvalue weighted by Crippen LogP contribution is -2.48. The molecule has 0 unspecified atom stereocenters. The number of carbonyl (C=O) groups is 1. The fraction of sp³-hybridized carbons (Fsp3) is 0.222. The Hall–Kier alpha value is -2.44. The van der Waals surface area contributed by atoms with Gasteiger partial charge in [0.05, 0.1) is 16.6 Å². The molecule has 1 aromatic carbocycles. The van der Waals surface area contributed by atoms with Crippen LogP contribution in [-0.4, -0.2) is 21.8 Å². The van der Waals surface area contributed by atoms with E-state index in [9.17, 15) is 4.79 Å². The lowest BCUT2D eigenvalue weighted by molar-refractivity contribution is -0.124. The zero-order chi connectivity index (χ0) is 16.5. The van der Waals surface area contributed by atoms with Crippen molar-refractivity contribution in [3.8, 4) is 10.8 Å². The summed E-state index contributed by atoms with van der Waals surface area (Å²) in [6, 6.07) is 11.8. The number of benzene rings is 1. The molecule has 0 radical (unpaired) electrons. The van der Waals surface area contributed by atoms with Gasteiger partial charge < -0.3 is 10.2 Å². The summed E-state index contributed by atoms with van der Waals surface area (Å²) in [7, 11) is 0. The first-order valence-electron chi connectivity index (χ1n) is 7.79. The predicted octanol–water partition coefficient (Wildman–Crippen LogP) is 2.82. The molecule has 1 aliphatic rings. The summed E-state index contributed by atoms with van der Waals surface area (Å²) in [6.45, 7) is 1.22. The van der Waals surface area contributed by atoms with Crippen LogP contribution in [0.25, 0.3) is 10.8 Å². The van der Waals surface area contributed by atoms with E-state index in [1.54, 1.807) is 17.6 Å². The highest BCUT2D eigenvalue weighted by molar-refractivity contribution is 7.13. The topological polar surface area (TPSA) is 72.4 Å². The Kier molecular flexibility index (Phi) is 3.92. The van der Waals surface area contributed by atoms with Gasteiger partial charge in [0.25, 0.3) is 0 Å². The Labute approximate surface area is 143 Å². The van der Waals surface area contributed by atoms with Crippen molar-refractivity contribution in [3.05, 3.63) is 64.9 Å². The van der Waals surface area contributed by atoms with E-state index in [0.717, 1.165) is 10.6 Å². The molecule has 3 aromatic rings. The smallest absolute Gasteiger partial charge is 0.236 e. The monoisotopic (exact) mass is 339 g/mol. The molecule has 0 fully saturated rings. The van der Waals surface area contributed by atoms with E-state index in [0.29, 0.717) is 25.4 Å². The maximum atomic E-state index is 11.9. The second kappa shape index (κ2) is 6.22. The first kappa shape index (κ1) is 15.1. The standard InChI is InChI=1S/C18H17N3O2S/c19-17(22)15-8-12-4-1-2-5-13(12)9-21(15)10-14-11-23-18(20-14)16-6-3-7-24-16/h1-7,11,15H,8-10H2,(H2,19,22)/t15-/m1/s1. The quantitative estimate of drug-likeness (QED) is 0.793. The van der Waals surface area contributed by atoms with E-state index in [1.807, 2.05) is 29.6 Å². The van der Waals surface area contributed by atoms with Crippen LogP contribution in [0.15, 0.2) is 52.5 Å². The lowest BCUT2D eigenvalue weighted by atomic mass is 9.93. The van der Waals surface area contributed by atoms with E-state index in [2.05, 4.69) is 22.0 Å². The molecule has 0 spiro atoms. The molecule has 4 rings (SSSR count). The first-order valence-corrected chi connectivity index (χ1v) is 8.67. The number of nitrogens with two attached hydrogens (primary N) is 1. The fourth-order valence-electron chi connectivity index (χ4n) is 3.13. The van der Waals surface area contributed by atoms with E-state index >= 15 is 0 Å². The van der Waals surface area contributed by atoms with Crippen molar-refractivity contribution in [3.63, 3.8) is 0 Å². The molecule has 0 bridgehead atoms. The second-order valence-electron chi connectivity index (χ2n) is 5.92. The molecule has 1 atom stereocenters. The van der Waals surface area contributed by atoms with E-state index < -0.39 is 0 Å². The molecule has 3 heterocycles. The molecule has 24 heavy (non-hydrogen) atoms. The molecular weight excluding hydrogens is 322 g/mol. The largest absolute Gasteiger partial charge is 0.444 e. The number of carbonyl (C=O) groups excluding carboxylic acids is 1. The average molecular weight is 339 g/mol. The summed E-state index contributed by atoms with van der Waals surface area (Å²) in [5.74, 6) is 0.319. The van der Waals surface area contributed by atoms with Gasteiger partial charge in [-0.05, 0) is 29.0 Å². The van der Waals surface area contributed by atoms with Crippen LogP contribution in [0.3, 0.4) is 0 Å². The van der Waals surface area contributed by atoms with Gasteiger partial charge in [-0.2, -0.15) is 0 Å². The number of oxazole rings is 1. The Bertz CT molecular complexity index is 857. The SMILES string of the molecule is NC(=O)[C@H]1Cc2ccccc2CN1Cc1coc(-c2cccs2)n1. The number of hydrogen-bond acceptors (Lipinski definition) is 5. The summed E-state index contributed by atoms with van der Waals surface area (Å²) in [5, 5.41) is 1.99. The van der Waals surface area contributed by atoms with Crippen molar-refractivity contribution >= 4 is 17.2 Å². The fourth-order valence-corrected chi connectivity index (χ4v) is 3.78. The number of primary amides is 1. The zero-order valence-corrected chi connectivity index (χ0v) is 13.8. The number of rotatable bonds is 4. The third-order valence-electron chi connectivity index (χ3n) is 4.32. The van der Waals surface area contributed by atoms with Gasteiger partial charge in [0, 0.05) is 13.1 Å². The molecular formula is C18H17N3O2S. The van der Waals surface area contributed by atoms with Gasteiger partial charge in [-0.3, -0.25) is 9.69 Å². The van der Waals surface area contributed by atoms with Gasteiger partial charge in [0.15, 0.2) is 0 Å². The second-order valence-corrected chi connectivity index (χ2v) is 6.86. The molecule has 0 aliphatic carbocycles. The zero-order valence-electron chi connectivity index (χ0n) is 13.0. The summed E-state index contributed by atoms with van der Waals surface area (Å²) in [6.07, 6.45) is 2.30. The molecule has 0 saturated heterocycles. The molecule has 6 heteroatoms. The van der Waals surface area contributed by atoms with Gasteiger partial charge in [-0.25, -0.2) is 4.98 Å². The minimum atomic E-state index is -0.318. The molecule has 0 saturated carbocycles. The van der Waals surface area contributed by atoms with E-state index in [-0.39, 0.29) is 11.9 Å². The maximum Gasteiger partial charge on any atom is 0.236 e. The Morgan fingerprint density at radius 2 is 2.12 bits per heavy atom. The Balaban J connectivity index is 1.57. The Morgan fingerprint density at radius 1 is 1.29 bits per heavy atom. The predicted molar refractivity (Wildman–Crippen MR) is 92.2 cm³/mol. The van der Waals surface area contributed by atoms with Crippen LogP contribution in [0.2, 0.25) is 0 Å². The van der Waals surface area contributed by atoms with Crippen molar-refractivity contribution in [2.75, 3.05) is 0 Å². The van der Waals surface area contributed by atoms with Gasteiger partial charge in [-0.15, -0.1) is 11.3 Å². The summed E-state index contributed by atoms with van der Waals surface area (Å²) < 4.78 is 5.57. The van der Waals surface area contributed by atoms with Crippen LogP contribution in [0.1, 0.15) is 16.8 Å². The molecule has 122 valence electrons. The highest BCUT2D eigenvalue weighted by Crippen LogP contribution is 2.27.